The predicted octanol–water partition coefficient (Wildman–Crippen LogP) is 1.25. The Balaban J connectivity index is 1.73. The average Bonchev–Trinajstić information content (AvgIpc) is 2.65. The van der Waals surface area contributed by atoms with Gasteiger partial charge in [0.25, 0.3) is 5.91 Å². The topological polar surface area (TPSA) is 91.2 Å². The van der Waals surface area contributed by atoms with E-state index in [0.29, 0.717) is 38.0 Å². The molecule has 0 bridgehead atoms. The fourth-order valence-corrected chi connectivity index (χ4v) is 2.71. The number of nitrogens with zero attached hydrogens (tertiary/aromatic N) is 4. The van der Waals surface area contributed by atoms with Crippen molar-refractivity contribution >= 4 is 11.7 Å². The summed E-state index contributed by atoms with van der Waals surface area (Å²) < 4.78 is 0. The third kappa shape index (κ3) is 3.51. The van der Waals surface area contributed by atoms with E-state index in [4.69, 9.17) is 0 Å². The summed E-state index contributed by atoms with van der Waals surface area (Å²) >= 11 is 0. The van der Waals surface area contributed by atoms with Crippen molar-refractivity contribution in [2.45, 2.75) is 32.4 Å². The minimum absolute atomic E-state index is 0.0386. The third-order valence-electron chi connectivity index (χ3n) is 4.18. The molecule has 0 saturated carbocycles. The fourth-order valence-electron chi connectivity index (χ4n) is 2.71. The summed E-state index contributed by atoms with van der Waals surface area (Å²) in [5.74, 6) is 0.712. The Kier molecular flexibility index (Phi) is 5.00. The highest BCUT2D eigenvalue weighted by Gasteiger charge is 2.25. The first-order valence-electron chi connectivity index (χ1n) is 8.13. The highest BCUT2D eigenvalue weighted by Crippen LogP contribution is 2.23. The van der Waals surface area contributed by atoms with Crippen LogP contribution >= 0.6 is 0 Å². The largest absolute Gasteiger partial charge is 0.391 e. The maximum absolute atomic E-state index is 12.5. The lowest BCUT2D eigenvalue weighted by Crippen LogP contribution is -2.37. The Hall–Kier alpha value is -2.54. The van der Waals surface area contributed by atoms with E-state index < -0.39 is 6.10 Å². The molecule has 24 heavy (non-hydrogen) atoms. The SMILES string of the molecule is CCC(O)CNc1ncnc2c1CCN(C(=O)c1cccnc1)C2. The summed E-state index contributed by atoms with van der Waals surface area (Å²) in [6.45, 7) is 3.46. The number of aliphatic hydroxyl groups is 1. The van der Waals surface area contributed by atoms with Gasteiger partial charge in [0.2, 0.25) is 0 Å². The average molecular weight is 327 g/mol. The molecule has 126 valence electrons. The lowest BCUT2D eigenvalue weighted by molar-refractivity contribution is 0.0731. The molecular weight excluding hydrogens is 306 g/mol. The van der Waals surface area contributed by atoms with Crippen LogP contribution in [0.15, 0.2) is 30.9 Å². The molecule has 0 radical (unpaired) electrons. The van der Waals surface area contributed by atoms with Gasteiger partial charge in [-0.25, -0.2) is 9.97 Å². The van der Waals surface area contributed by atoms with Gasteiger partial charge in [0.1, 0.15) is 12.1 Å². The number of pyridine rings is 1. The summed E-state index contributed by atoms with van der Waals surface area (Å²) in [6.07, 6.45) is 5.70. The van der Waals surface area contributed by atoms with Crippen molar-refractivity contribution in [1.29, 1.82) is 0 Å². The zero-order valence-corrected chi connectivity index (χ0v) is 13.6. The van der Waals surface area contributed by atoms with Crippen molar-refractivity contribution in [1.82, 2.24) is 19.9 Å². The molecule has 1 atom stereocenters. The lowest BCUT2D eigenvalue weighted by Gasteiger charge is -2.29. The van der Waals surface area contributed by atoms with Gasteiger partial charge >= 0.3 is 0 Å². The lowest BCUT2D eigenvalue weighted by atomic mass is 10.0. The molecule has 7 heteroatoms. The second-order valence-electron chi connectivity index (χ2n) is 5.81. The number of aromatic nitrogens is 3. The van der Waals surface area contributed by atoms with E-state index in [1.165, 1.54) is 6.33 Å². The smallest absolute Gasteiger partial charge is 0.255 e. The Morgan fingerprint density at radius 3 is 3.08 bits per heavy atom. The van der Waals surface area contributed by atoms with Crippen molar-refractivity contribution in [3.8, 4) is 0 Å². The number of nitrogens with one attached hydrogen (secondary N) is 1. The molecule has 7 nitrogen and oxygen atoms in total. The van der Waals surface area contributed by atoms with Crippen molar-refractivity contribution in [3.05, 3.63) is 47.7 Å². The summed E-state index contributed by atoms with van der Waals surface area (Å²) in [5, 5.41) is 12.9. The number of fused-ring (bicyclic) bond motifs is 1. The molecule has 0 aliphatic carbocycles. The molecule has 0 spiro atoms. The van der Waals surface area contributed by atoms with E-state index in [-0.39, 0.29) is 5.91 Å². The Morgan fingerprint density at radius 1 is 1.46 bits per heavy atom. The highest BCUT2D eigenvalue weighted by atomic mass is 16.3. The van der Waals surface area contributed by atoms with E-state index in [2.05, 4.69) is 20.3 Å². The molecule has 1 unspecified atom stereocenters. The molecule has 1 aliphatic heterocycles. The first-order chi connectivity index (χ1) is 11.7. The number of carbonyl (C=O) groups excluding carboxylic acids is 1. The number of rotatable bonds is 5. The normalized spacial score (nSPS) is 14.8. The second kappa shape index (κ2) is 7.35. The van der Waals surface area contributed by atoms with Gasteiger partial charge in [-0.15, -0.1) is 0 Å². The van der Waals surface area contributed by atoms with Gasteiger partial charge in [-0.2, -0.15) is 0 Å². The monoisotopic (exact) mass is 327 g/mol. The van der Waals surface area contributed by atoms with E-state index in [1.54, 1.807) is 29.4 Å². The number of anilines is 1. The third-order valence-corrected chi connectivity index (χ3v) is 4.18. The first kappa shape index (κ1) is 16.3. The van der Waals surface area contributed by atoms with Gasteiger partial charge in [-0.3, -0.25) is 9.78 Å². The Bertz CT molecular complexity index is 707. The van der Waals surface area contributed by atoms with E-state index in [1.807, 2.05) is 6.92 Å². The molecule has 0 saturated heterocycles. The zero-order valence-electron chi connectivity index (χ0n) is 13.6. The maximum Gasteiger partial charge on any atom is 0.255 e. The first-order valence-corrected chi connectivity index (χ1v) is 8.13. The molecule has 2 aromatic rings. The summed E-state index contributed by atoms with van der Waals surface area (Å²) in [7, 11) is 0. The van der Waals surface area contributed by atoms with Crippen molar-refractivity contribution in [2.75, 3.05) is 18.4 Å². The van der Waals surface area contributed by atoms with Crippen LogP contribution in [0.25, 0.3) is 0 Å². The molecule has 3 heterocycles. The highest BCUT2D eigenvalue weighted by molar-refractivity contribution is 5.94. The van der Waals surface area contributed by atoms with E-state index in [0.717, 1.165) is 17.1 Å². The van der Waals surface area contributed by atoms with E-state index in [9.17, 15) is 9.90 Å². The van der Waals surface area contributed by atoms with Gasteiger partial charge in [-0.1, -0.05) is 6.92 Å². The molecule has 2 aromatic heterocycles. The van der Waals surface area contributed by atoms with Crippen LogP contribution in [0, 0.1) is 0 Å². The number of amides is 1. The Labute approximate surface area is 140 Å². The van der Waals surface area contributed by atoms with Gasteiger partial charge in [-0.05, 0) is 25.0 Å². The minimum atomic E-state index is -0.400. The molecular formula is C17H21N5O2. The van der Waals surface area contributed by atoms with E-state index >= 15 is 0 Å². The van der Waals surface area contributed by atoms with Gasteiger partial charge in [0.15, 0.2) is 0 Å². The quantitative estimate of drug-likeness (QED) is 0.859. The molecule has 1 amide bonds. The zero-order chi connectivity index (χ0) is 16.9. The second-order valence-corrected chi connectivity index (χ2v) is 5.81. The number of hydrogen-bond acceptors (Lipinski definition) is 6. The number of aliphatic hydroxyl groups excluding tert-OH is 1. The predicted molar refractivity (Wildman–Crippen MR) is 89.5 cm³/mol. The van der Waals surface area contributed by atoms with Crippen LogP contribution < -0.4 is 5.32 Å². The van der Waals surface area contributed by atoms with Crippen LogP contribution in [0.3, 0.4) is 0 Å². The summed E-state index contributed by atoms with van der Waals surface area (Å²) in [6, 6.07) is 3.53. The molecule has 1 aliphatic rings. The van der Waals surface area contributed by atoms with Gasteiger partial charge in [0, 0.05) is 31.0 Å². The summed E-state index contributed by atoms with van der Waals surface area (Å²) in [4.78, 5) is 26.9. The Morgan fingerprint density at radius 2 is 2.33 bits per heavy atom. The van der Waals surface area contributed by atoms with Crippen molar-refractivity contribution in [3.63, 3.8) is 0 Å². The standard InChI is InChI=1S/C17H21N5O2/c1-2-13(23)9-19-16-14-5-7-22(10-15(14)20-11-21-16)17(24)12-4-3-6-18-8-12/h3-4,6,8,11,13,23H,2,5,7,9-10H2,1H3,(H,19,20,21). The van der Waals surface area contributed by atoms with Crippen LogP contribution in [0.1, 0.15) is 35.0 Å². The number of carbonyl (C=O) groups is 1. The van der Waals surface area contributed by atoms with Crippen molar-refractivity contribution in [2.24, 2.45) is 0 Å². The van der Waals surface area contributed by atoms with Crippen LogP contribution in [-0.4, -0.2) is 50.1 Å². The van der Waals surface area contributed by atoms with Crippen LogP contribution in [0.5, 0.6) is 0 Å². The van der Waals surface area contributed by atoms with Gasteiger partial charge < -0.3 is 15.3 Å². The van der Waals surface area contributed by atoms with Crippen LogP contribution in [-0.2, 0) is 13.0 Å². The number of hydrogen-bond donors (Lipinski definition) is 2. The fraction of sp³-hybridized carbons (Fsp3) is 0.412. The van der Waals surface area contributed by atoms with Gasteiger partial charge in [0.05, 0.1) is 23.9 Å². The molecule has 3 rings (SSSR count). The molecule has 0 aromatic carbocycles. The van der Waals surface area contributed by atoms with Crippen LogP contribution in [0.2, 0.25) is 0 Å². The molecule has 2 N–H and O–H groups in total. The minimum Gasteiger partial charge on any atom is -0.391 e. The maximum atomic E-state index is 12.5. The molecule has 0 fully saturated rings. The summed E-state index contributed by atoms with van der Waals surface area (Å²) in [5.41, 5.74) is 2.46. The van der Waals surface area contributed by atoms with Crippen molar-refractivity contribution < 1.29 is 9.90 Å². The van der Waals surface area contributed by atoms with Crippen LogP contribution in [0.4, 0.5) is 5.82 Å².